The van der Waals surface area contributed by atoms with E-state index in [4.69, 9.17) is 9.40 Å². The minimum Gasteiger partial charge on any atom is -0.459 e. The van der Waals surface area contributed by atoms with Crippen molar-refractivity contribution in [1.29, 1.82) is 0 Å². The first-order valence-electron chi connectivity index (χ1n) is 12.5. The van der Waals surface area contributed by atoms with E-state index in [1.54, 1.807) is 41.3 Å². The lowest BCUT2D eigenvalue weighted by Gasteiger charge is -2.34. The molecule has 6 rings (SSSR count). The summed E-state index contributed by atoms with van der Waals surface area (Å²) in [6.45, 7) is 2.98. The second-order valence-corrected chi connectivity index (χ2v) is 9.41. The molecule has 1 aliphatic rings. The molecule has 0 saturated carbocycles. The van der Waals surface area contributed by atoms with Gasteiger partial charge in [0.2, 0.25) is 0 Å². The van der Waals surface area contributed by atoms with Gasteiger partial charge in [0.1, 0.15) is 11.5 Å². The molecule has 2 aromatic carbocycles. The highest BCUT2D eigenvalue weighted by atomic mass is 19.1. The third-order valence-corrected chi connectivity index (χ3v) is 6.99. The monoisotopic (exact) mass is 525 g/mol. The van der Waals surface area contributed by atoms with E-state index in [1.807, 2.05) is 28.8 Å². The first kappa shape index (κ1) is 24.5. The Balaban J connectivity index is 1.34. The fourth-order valence-corrected chi connectivity index (χ4v) is 4.93. The molecule has 0 atom stereocenters. The second-order valence-electron chi connectivity index (χ2n) is 9.41. The number of hydrogen-bond donors (Lipinski definition) is 0. The van der Waals surface area contributed by atoms with E-state index in [0.29, 0.717) is 44.1 Å². The molecule has 0 bridgehead atoms. The van der Waals surface area contributed by atoms with Crippen LogP contribution in [0.5, 0.6) is 0 Å². The Morgan fingerprint density at radius 1 is 0.949 bits per heavy atom. The number of fused-ring (bicyclic) bond motifs is 1. The number of imidazole rings is 1. The van der Waals surface area contributed by atoms with Gasteiger partial charge in [-0.05, 0) is 59.7 Å². The number of amides is 1. The van der Waals surface area contributed by atoms with Crippen molar-refractivity contribution >= 4 is 17.2 Å². The second kappa shape index (κ2) is 10.1. The Bertz CT molecular complexity index is 1660. The molecule has 1 fully saturated rings. The van der Waals surface area contributed by atoms with Crippen molar-refractivity contribution in [3.05, 3.63) is 113 Å². The van der Waals surface area contributed by atoms with E-state index >= 15 is 0 Å². The molecule has 0 aliphatic carbocycles. The van der Waals surface area contributed by atoms with Gasteiger partial charge < -0.3 is 13.7 Å². The van der Waals surface area contributed by atoms with E-state index in [2.05, 4.69) is 4.90 Å². The van der Waals surface area contributed by atoms with Gasteiger partial charge in [0.05, 0.1) is 22.6 Å². The maximum Gasteiger partial charge on any atom is 0.289 e. The molecule has 39 heavy (non-hydrogen) atoms. The van der Waals surface area contributed by atoms with Gasteiger partial charge in [0.15, 0.2) is 5.76 Å². The molecule has 3 aromatic heterocycles. The lowest BCUT2D eigenvalue weighted by Crippen LogP contribution is -2.48. The van der Waals surface area contributed by atoms with Crippen molar-refractivity contribution in [2.75, 3.05) is 26.2 Å². The number of non-ortho nitro benzene ring substituents is 1. The summed E-state index contributed by atoms with van der Waals surface area (Å²) in [7, 11) is 0. The minimum atomic E-state index is -0.409. The molecule has 4 heterocycles. The minimum absolute atomic E-state index is 0.0208. The van der Waals surface area contributed by atoms with Crippen LogP contribution in [0.25, 0.3) is 28.0 Å². The van der Waals surface area contributed by atoms with Gasteiger partial charge in [-0.3, -0.25) is 19.8 Å². The van der Waals surface area contributed by atoms with E-state index < -0.39 is 4.92 Å². The summed E-state index contributed by atoms with van der Waals surface area (Å²) in [6.07, 6.45) is 3.42. The fourth-order valence-electron chi connectivity index (χ4n) is 4.93. The number of nitro groups is 1. The van der Waals surface area contributed by atoms with Crippen molar-refractivity contribution in [2.24, 2.45) is 0 Å². The van der Waals surface area contributed by atoms with Crippen LogP contribution in [0.15, 0.2) is 89.7 Å². The number of hydrogen-bond acceptors (Lipinski definition) is 6. The summed E-state index contributed by atoms with van der Waals surface area (Å²) >= 11 is 0. The topological polar surface area (TPSA) is 97.1 Å². The molecule has 5 aromatic rings. The molecular weight excluding hydrogens is 501 g/mol. The number of nitro benzene ring substituents is 1. The summed E-state index contributed by atoms with van der Waals surface area (Å²) in [6, 6.07) is 19.9. The Kier molecular flexibility index (Phi) is 6.37. The summed E-state index contributed by atoms with van der Waals surface area (Å²) in [4.78, 5) is 32.5. The van der Waals surface area contributed by atoms with Gasteiger partial charge in [0, 0.05) is 56.6 Å². The number of halogens is 1. The van der Waals surface area contributed by atoms with Crippen molar-refractivity contribution in [3.63, 3.8) is 0 Å². The maximum atomic E-state index is 13.7. The Morgan fingerprint density at radius 3 is 2.44 bits per heavy atom. The highest BCUT2D eigenvalue weighted by Gasteiger charge is 2.25. The van der Waals surface area contributed by atoms with Gasteiger partial charge in [-0.15, -0.1) is 0 Å². The number of benzene rings is 2. The van der Waals surface area contributed by atoms with Crippen molar-refractivity contribution in [1.82, 2.24) is 19.2 Å². The third kappa shape index (κ3) is 4.89. The van der Waals surface area contributed by atoms with Crippen LogP contribution in [-0.2, 0) is 6.54 Å². The van der Waals surface area contributed by atoms with Crippen LogP contribution in [-0.4, -0.2) is 56.2 Å². The maximum absolute atomic E-state index is 13.7. The number of aromatic nitrogens is 2. The molecule has 9 nitrogen and oxygen atoms in total. The van der Waals surface area contributed by atoms with Crippen LogP contribution in [0.4, 0.5) is 10.1 Å². The number of furan rings is 1. The predicted molar refractivity (Wildman–Crippen MR) is 143 cm³/mol. The molecule has 0 N–H and O–H groups in total. The molecule has 0 spiro atoms. The molecule has 10 heteroatoms. The standard InChI is InChI=1S/C29H24FN5O4/c30-23-9-6-20(7-10-23)28-25(19-32-12-14-33(15-13-32)29(36)26-5-2-16-39-26)34-18-22(8-11-27(34)31-28)21-3-1-4-24(17-21)35(37)38/h1-11,16-18H,12-15,19H2. The first-order valence-corrected chi connectivity index (χ1v) is 12.5. The Hall–Kier alpha value is -4.83. The lowest BCUT2D eigenvalue weighted by atomic mass is 10.1. The van der Waals surface area contributed by atoms with E-state index in [0.717, 1.165) is 28.1 Å². The zero-order chi connectivity index (χ0) is 26.9. The fraction of sp³-hybridized carbons (Fsp3) is 0.172. The number of nitrogens with zero attached hydrogens (tertiary/aromatic N) is 5. The number of pyridine rings is 1. The molecule has 196 valence electrons. The van der Waals surface area contributed by atoms with E-state index in [-0.39, 0.29) is 17.4 Å². The largest absolute Gasteiger partial charge is 0.459 e. The van der Waals surface area contributed by atoms with Crippen LogP contribution >= 0.6 is 0 Å². The molecule has 0 radical (unpaired) electrons. The summed E-state index contributed by atoms with van der Waals surface area (Å²) in [5.41, 5.74) is 4.70. The van der Waals surface area contributed by atoms with Crippen LogP contribution < -0.4 is 0 Å². The van der Waals surface area contributed by atoms with Crippen LogP contribution in [0.2, 0.25) is 0 Å². The van der Waals surface area contributed by atoms with Gasteiger partial charge in [-0.2, -0.15) is 0 Å². The van der Waals surface area contributed by atoms with Gasteiger partial charge >= 0.3 is 0 Å². The SMILES string of the molecule is O=C(c1ccco1)N1CCN(Cc2c(-c3ccc(F)cc3)nc3ccc(-c4cccc([N+](=O)[O-])c4)cn23)CC1. The van der Waals surface area contributed by atoms with Gasteiger partial charge in [-0.25, -0.2) is 9.37 Å². The summed E-state index contributed by atoms with van der Waals surface area (Å²) < 4.78 is 21.0. The van der Waals surface area contributed by atoms with Crippen molar-refractivity contribution in [3.8, 4) is 22.4 Å². The summed E-state index contributed by atoms with van der Waals surface area (Å²) in [5.74, 6) is -0.116. The quantitative estimate of drug-likeness (QED) is 0.221. The Labute approximate surface area is 222 Å². The normalized spacial score (nSPS) is 14.1. The lowest BCUT2D eigenvalue weighted by molar-refractivity contribution is -0.384. The molecule has 1 saturated heterocycles. The van der Waals surface area contributed by atoms with Gasteiger partial charge in [-0.1, -0.05) is 12.1 Å². The van der Waals surface area contributed by atoms with Crippen molar-refractivity contribution in [2.45, 2.75) is 6.54 Å². The zero-order valence-corrected chi connectivity index (χ0v) is 20.9. The highest BCUT2D eigenvalue weighted by Crippen LogP contribution is 2.30. The smallest absolute Gasteiger partial charge is 0.289 e. The average molecular weight is 526 g/mol. The highest BCUT2D eigenvalue weighted by molar-refractivity contribution is 5.91. The third-order valence-electron chi connectivity index (χ3n) is 6.99. The molecule has 0 unspecified atom stereocenters. The number of piperazine rings is 1. The average Bonchev–Trinajstić information content (AvgIpc) is 3.62. The number of carbonyl (C=O) groups is 1. The van der Waals surface area contributed by atoms with Gasteiger partial charge in [0.25, 0.3) is 11.6 Å². The van der Waals surface area contributed by atoms with Crippen LogP contribution in [0, 0.1) is 15.9 Å². The molecular formula is C29H24FN5O4. The van der Waals surface area contributed by atoms with Crippen LogP contribution in [0.1, 0.15) is 16.2 Å². The van der Waals surface area contributed by atoms with E-state index in [1.165, 1.54) is 24.5 Å². The van der Waals surface area contributed by atoms with Crippen LogP contribution in [0.3, 0.4) is 0 Å². The number of rotatable bonds is 6. The molecule has 1 amide bonds. The number of carbonyl (C=O) groups excluding carboxylic acids is 1. The van der Waals surface area contributed by atoms with E-state index in [9.17, 15) is 19.3 Å². The van der Waals surface area contributed by atoms with Crippen molar-refractivity contribution < 1.29 is 18.5 Å². The molecule has 1 aliphatic heterocycles. The summed E-state index contributed by atoms with van der Waals surface area (Å²) in [5, 5.41) is 11.3. The Morgan fingerprint density at radius 2 is 1.72 bits per heavy atom. The zero-order valence-electron chi connectivity index (χ0n) is 20.9. The first-order chi connectivity index (χ1) is 19.0. The predicted octanol–water partition coefficient (Wildman–Crippen LogP) is 5.27.